The van der Waals surface area contributed by atoms with E-state index in [2.05, 4.69) is 10.0 Å². The molecule has 0 spiro atoms. The number of aliphatic carboxylic acids is 1. The molecule has 7 nitrogen and oxygen atoms in total. The van der Waals surface area contributed by atoms with Gasteiger partial charge < -0.3 is 10.4 Å². The van der Waals surface area contributed by atoms with Crippen molar-refractivity contribution in [3.05, 3.63) is 24.3 Å². The van der Waals surface area contributed by atoms with Gasteiger partial charge in [-0.3, -0.25) is 4.79 Å². The molecule has 1 aromatic rings. The van der Waals surface area contributed by atoms with E-state index in [0.717, 1.165) is 0 Å². The summed E-state index contributed by atoms with van der Waals surface area (Å²) < 4.78 is 25.5. The van der Waals surface area contributed by atoms with Crippen LogP contribution in [0.5, 0.6) is 0 Å². The minimum atomic E-state index is -3.55. The highest BCUT2D eigenvalue weighted by molar-refractivity contribution is 7.89. The maximum Gasteiger partial charge on any atom is 0.394 e. The maximum absolute atomic E-state index is 11.6. The number of benzene rings is 1. The van der Waals surface area contributed by atoms with E-state index in [1.54, 1.807) is 6.92 Å². The van der Waals surface area contributed by atoms with Gasteiger partial charge in [0.15, 0.2) is 0 Å². The minimum absolute atomic E-state index is 0.0395. The van der Waals surface area contributed by atoms with E-state index in [0.29, 0.717) is 0 Å². The third-order valence-electron chi connectivity index (χ3n) is 1.95. The Morgan fingerprint density at radius 1 is 1.22 bits per heavy atom. The Morgan fingerprint density at radius 2 is 1.78 bits per heavy atom. The highest BCUT2D eigenvalue weighted by Gasteiger charge is 2.14. The molecule has 0 atom stereocenters. The molecular weight excluding hydrogens is 260 g/mol. The van der Waals surface area contributed by atoms with Gasteiger partial charge in [0.25, 0.3) is 0 Å². The van der Waals surface area contributed by atoms with Crippen molar-refractivity contribution >= 4 is 27.6 Å². The lowest BCUT2D eigenvalue weighted by atomic mass is 10.3. The lowest BCUT2D eigenvalue weighted by molar-refractivity contribution is -0.147. The highest BCUT2D eigenvalue weighted by Crippen LogP contribution is 2.13. The van der Waals surface area contributed by atoms with Gasteiger partial charge in [-0.05, 0) is 24.3 Å². The molecule has 0 aliphatic heterocycles. The van der Waals surface area contributed by atoms with Crippen LogP contribution in [0.3, 0.4) is 0 Å². The summed E-state index contributed by atoms with van der Waals surface area (Å²) in [6.07, 6.45) is 0. The van der Waals surface area contributed by atoms with E-state index in [4.69, 9.17) is 5.11 Å². The summed E-state index contributed by atoms with van der Waals surface area (Å²) in [7, 11) is -3.55. The number of anilines is 1. The van der Waals surface area contributed by atoms with Crippen LogP contribution in [-0.2, 0) is 19.6 Å². The molecule has 0 saturated carbocycles. The molecular formula is C10H12N2O5S. The van der Waals surface area contributed by atoms with Gasteiger partial charge in [-0.15, -0.1) is 0 Å². The van der Waals surface area contributed by atoms with Crippen molar-refractivity contribution in [2.75, 3.05) is 11.9 Å². The van der Waals surface area contributed by atoms with Gasteiger partial charge in [-0.2, -0.15) is 0 Å². The smallest absolute Gasteiger partial charge is 0.394 e. The number of sulfonamides is 1. The van der Waals surface area contributed by atoms with Crippen LogP contribution in [0.25, 0.3) is 0 Å². The molecule has 0 saturated heterocycles. The van der Waals surface area contributed by atoms with Crippen molar-refractivity contribution in [2.45, 2.75) is 11.8 Å². The first kappa shape index (κ1) is 14.1. The first-order valence-electron chi connectivity index (χ1n) is 5.01. The fraction of sp³-hybridized carbons (Fsp3) is 0.200. The number of carbonyl (C=O) groups is 2. The average Bonchev–Trinajstić information content (AvgIpc) is 2.29. The number of carboxylic acid groups (broad SMARTS) is 1. The Bertz CT molecular complexity index is 550. The molecule has 18 heavy (non-hydrogen) atoms. The molecule has 1 aromatic carbocycles. The zero-order chi connectivity index (χ0) is 13.8. The standard InChI is InChI=1S/C10H12N2O5S/c1-2-11-18(16,17)8-5-3-7(4-6-8)12-9(13)10(14)15/h3-6,11H,2H2,1H3,(H,12,13)(H,14,15). The van der Waals surface area contributed by atoms with Gasteiger partial charge >= 0.3 is 11.9 Å². The number of hydrogen-bond acceptors (Lipinski definition) is 4. The van der Waals surface area contributed by atoms with Gasteiger partial charge in [-0.25, -0.2) is 17.9 Å². The van der Waals surface area contributed by atoms with Crippen LogP contribution >= 0.6 is 0 Å². The Labute approximate surface area is 104 Å². The van der Waals surface area contributed by atoms with Crippen molar-refractivity contribution in [1.82, 2.24) is 4.72 Å². The van der Waals surface area contributed by atoms with E-state index in [1.807, 2.05) is 0 Å². The first-order valence-corrected chi connectivity index (χ1v) is 6.49. The summed E-state index contributed by atoms with van der Waals surface area (Å²) in [5.74, 6) is -2.79. The van der Waals surface area contributed by atoms with Crippen LogP contribution in [-0.4, -0.2) is 31.9 Å². The largest absolute Gasteiger partial charge is 0.474 e. The van der Waals surface area contributed by atoms with Crippen LogP contribution in [0.15, 0.2) is 29.2 Å². The molecule has 0 aliphatic carbocycles. The second-order valence-electron chi connectivity index (χ2n) is 3.28. The number of hydrogen-bond donors (Lipinski definition) is 3. The molecule has 98 valence electrons. The quantitative estimate of drug-likeness (QED) is 0.668. The Hall–Kier alpha value is -1.93. The van der Waals surface area contributed by atoms with E-state index in [9.17, 15) is 18.0 Å². The van der Waals surface area contributed by atoms with E-state index in [1.165, 1.54) is 24.3 Å². The summed E-state index contributed by atoms with van der Waals surface area (Å²) in [5, 5.41) is 10.5. The van der Waals surface area contributed by atoms with Crippen LogP contribution in [0, 0.1) is 0 Å². The molecule has 8 heteroatoms. The third-order valence-corrected chi connectivity index (χ3v) is 3.51. The van der Waals surface area contributed by atoms with Crippen LogP contribution < -0.4 is 10.0 Å². The molecule has 0 bridgehead atoms. The van der Waals surface area contributed by atoms with Crippen molar-refractivity contribution in [2.24, 2.45) is 0 Å². The first-order chi connectivity index (χ1) is 8.36. The number of carboxylic acids is 1. The molecule has 0 fully saturated rings. The molecule has 1 amide bonds. The number of carbonyl (C=O) groups excluding carboxylic acids is 1. The normalized spacial score (nSPS) is 10.9. The average molecular weight is 272 g/mol. The molecule has 1 rings (SSSR count). The van der Waals surface area contributed by atoms with Gasteiger partial charge in [0.05, 0.1) is 4.90 Å². The maximum atomic E-state index is 11.6. The van der Waals surface area contributed by atoms with Crippen molar-refractivity contribution in [3.63, 3.8) is 0 Å². The number of amides is 1. The Morgan fingerprint density at radius 3 is 2.22 bits per heavy atom. The molecule has 0 unspecified atom stereocenters. The predicted molar refractivity (Wildman–Crippen MR) is 63.6 cm³/mol. The predicted octanol–water partition coefficient (Wildman–Crippen LogP) is 0.00790. The SMILES string of the molecule is CCNS(=O)(=O)c1ccc(NC(=O)C(=O)O)cc1. The molecule has 0 heterocycles. The molecule has 3 N–H and O–H groups in total. The van der Waals surface area contributed by atoms with Crippen LogP contribution in [0.4, 0.5) is 5.69 Å². The Balaban J connectivity index is 2.87. The van der Waals surface area contributed by atoms with Crippen LogP contribution in [0.2, 0.25) is 0 Å². The summed E-state index contributed by atoms with van der Waals surface area (Å²) in [5.41, 5.74) is 0.206. The Kier molecular flexibility index (Phi) is 4.40. The lowest BCUT2D eigenvalue weighted by Crippen LogP contribution is -2.23. The monoisotopic (exact) mass is 272 g/mol. The van der Waals surface area contributed by atoms with E-state index in [-0.39, 0.29) is 17.1 Å². The van der Waals surface area contributed by atoms with Crippen molar-refractivity contribution < 1.29 is 23.1 Å². The van der Waals surface area contributed by atoms with Gasteiger partial charge in [0, 0.05) is 12.2 Å². The lowest BCUT2D eigenvalue weighted by Gasteiger charge is -2.06. The van der Waals surface area contributed by atoms with Crippen LogP contribution in [0.1, 0.15) is 6.92 Å². The van der Waals surface area contributed by atoms with E-state index >= 15 is 0 Å². The van der Waals surface area contributed by atoms with Gasteiger partial charge in [-0.1, -0.05) is 6.92 Å². The molecule has 0 aromatic heterocycles. The fourth-order valence-corrected chi connectivity index (χ4v) is 2.22. The van der Waals surface area contributed by atoms with E-state index < -0.39 is 21.9 Å². The second kappa shape index (κ2) is 5.61. The summed E-state index contributed by atoms with van der Waals surface area (Å²) in [4.78, 5) is 21.2. The molecule has 0 aliphatic rings. The zero-order valence-corrected chi connectivity index (χ0v) is 10.3. The fourth-order valence-electron chi connectivity index (χ4n) is 1.18. The van der Waals surface area contributed by atoms with Gasteiger partial charge in [0.1, 0.15) is 0 Å². The summed E-state index contributed by atoms with van der Waals surface area (Å²) >= 11 is 0. The summed E-state index contributed by atoms with van der Waals surface area (Å²) in [6.45, 7) is 1.92. The topological polar surface area (TPSA) is 113 Å². The number of rotatable bonds is 4. The highest BCUT2D eigenvalue weighted by atomic mass is 32.2. The van der Waals surface area contributed by atoms with Crippen molar-refractivity contribution in [1.29, 1.82) is 0 Å². The number of nitrogens with one attached hydrogen (secondary N) is 2. The van der Waals surface area contributed by atoms with Crippen molar-refractivity contribution in [3.8, 4) is 0 Å². The second-order valence-corrected chi connectivity index (χ2v) is 5.05. The summed E-state index contributed by atoms with van der Waals surface area (Å²) in [6, 6.07) is 5.17. The zero-order valence-electron chi connectivity index (χ0n) is 9.50. The van der Waals surface area contributed by atoms with Gasteiger partial charge in [0.2, 0.25) is 10.0 Å². The minimum Gasteiger partial charge on any atom is -0.474 e. The third kappa shape index (κ3) is 3.54. The molecule has 0 radical (unpaired) electrons.